The Morgan fingerprint density at radius 1 is 1.38 bits per heavy atom. The molecule has 0 fully saturated rings. The van der Waals surface area contributed by atoms with Crippen molar-refractivity contribution in [3.63, 3.8) is 0 Å². The summed E-state index contributed by atoms with van der Waals surface area (Å²) in [4.78, 5) is 14.4. The number of rotatable bonds is 8. The molecule has 0 bridgehead atoms. The Kier molecular flexibility index (Phi) is 7.15. The highest BCUT2D eigenvalue weighted by Gasteiger charge is 2.20. The zero-order valence-corrected chi connectivity index (χ0v) is 13.9. The molecule has 0 saturated heterocycles. The molecule has 3 N–H and O–H groups in total. The molecule has 1 atom stereocenters. The molecule has 1 aromatic carbocycles. The fraction of sp³-hybridized carbons (Fsp3) is 0.500. The summed E-state index contributed by atoms with van der Waals surface area (Å²) >= 11 is 5.07. The van der Waals surface area contributed by atoms with Crippen LogP contribution in [0.3, 0.4) is 0 Å². The van der Waals surface area contributed by atoms with Gasteiger partial charge < -0.3 is 16.0 Å². The van der Waals surface area contributed by atoms with Crippen LogP contribution in [0.1, 0.15) is 38.7 Å². The number of hydrogen-bond donors (Lipinski definition) is 2. The lowest BCUT2D eigenvalue weighted by Crippen LogP contribution is -2.44. The normalized spacial score (nSPS) is 11.8. The van der Waals surface area contributed by atoms with Gasteiger partial charge in [-0.15, -0.1) is 0 Å². The van der Waals surface area contributed by atoms with Crippen molar-refractivity contribution in [1.29, 1.82) is 0 Å². The lowest BCUT2D eigenvalue weighted by atomic mass is 10.1. The van der Waals surface area contributed by atoms with Crippen LogP contribution in [0.4, 0.5) is 5.69 Å². The molecule has 21 heavy (non-hydrogen) atoms. The largest absolute Gasteiger partial charge is 0.389 e. The molecule has 4 nitrogen and oxygen atoms in total. The van der Waals surface area contributed by atoms with Crippen LogP contribution in [0.5, 0.6) is 0 Å². The number of carbonyl (C=O) groups excluding carboxylic acids is 1. The third kappa shape index (κ3) is 5.01. The highest BCUT2D eigenvalue weighted by Crippen LogP contribution is 2.21. The average Bonchev–Trinajstić information content (AvgIpc) is 2.49. The molecule has 5 heteroatoms. The van der Waals surface area contributed by atoms with Gasteiger partial charge in [0.15, 0.2) is 0 Å². The monoisotopic (exact) mass is 307 g/mol. The van der Waals surface area contributed by atoms with Gasteiger partial charge in [-0.25, -0.2) is 0 Å². The van der Waals surface area contributed by atoms with Crippen LogP contribution in [0, 0.1) is 0 Å². The number of anilines is 1. The lowest BCUT2D eigenvalue weighted by Gasteiger charge is -2.28. The number of unbranched alkanes of at least 4 members (excludes halogenated alkanes) is 2. The summed E-state index contributed by atoms with van der Waals surface area (Å²) in [5.41, 5.74) is 7.41. The second-order valence-corrected chi connectivity index (χ2v) is 5.61. The van der Waals surface area contributed by atoms with E-state index in [4.69, 9.17) is 18.0 Å². The zero-order chi connectivity index (χ0) is 15.8. The number of nitrogens with zero attached hydrogens (tertiary/aromatic N) is 1. The smallest absolute Gasteiger partial charge is 0.242 e. The minimum atomic E-state index is -0.276. The molecule has 0 saturated carbocycles. The molecule has 1 amide bonds. The number of amides is 1. The van der Waals surface area contributed by atoms with Gasteiger partial charge in [-0.2, -0.15) is 0 Å². The third-order valence-corrected chi connectivity index (χ3v) is 3.81. The molecule has 0 spiro atoms. The molecule has 1 rings (SSSR count). The van der Waals surface area contributed by atoms with Crippen LogP contribution in [-0.4, -0.2) is 30.5 Å². The van der Waals surface area contributed by atoms with E-state index in [9.17, 15) is 4.79 Å². The van der Waals surface area contributed by atoms with Crippen molar-refractivity contribution in [2.45, 2.75) is 39.2 Å². The maximum Gasteiger partial charge on any atom is 0.242 e. The van der Waals surface area contributed by atoms with E-state index in [1.807, 2.05) is 43.1 Å². The molecule has 0 radical (unpaired) electrons. The van der Waals surface area contributed by atoms with Gasteiger partial charge in [-0.1, -0.05) is 44.1 Å². The maximum atomic E-state index is 12.2. The maximum absolute atomic E-state index is 12.2. The van der Waals surface area contributed by atoms with E-state index in [2.05, 4.69) is 12.2 Å². The van der Waals surface area contributed by atoms with Crippen molar-refractivity contribution < 1.29 is 4.79 Å². The summed E-state index contributed by atoms with van der Waals surface area (Å²) in [6.07, 6.45) is 3.30. The Hall–Kier alpha value is -1.62. The van der Waals surface area contributed by atoms with E-state index in [1.165, 1.54) is 0 Å². The molecular weight excluding hydrogens is 282 g/mol. The van der Waals surface area contributed by atoms with Crippen molar-refractivity contribution in [1.82, 2.24) is 5.32 Å². The molecule has 116 valence electrons. The van der Waals surface area contributed by atoms with E-state index in [-0.39, 0.29) is 11.9 Å². The molecule has 0 aliphatic carbocycles. The molecular formula is C16H25N3OS. The van der Waals surface area contributed by atoms with Crippen LogP contribution >= 0.6 is 12.2 Å². The average molecular weight is 307 g/mol. The Morgan fingerprint density at radius 3 is 2.67 bits per heavy atom. The minimum Gasteiger partial charge on any atom is -0.389 e. The predicted molar refractivity (Wildman–Crippen MR) is 92.7 cm³/mol. The summed E-state index contributed by atoms with van der Waals surface area (Å²) < 4.78 is 0. The topological polar surface area (TPSA) is 58.4 Å². The van der Waals surface area contributed by atoms with Crippen LogP contribution in [0.2, 0.25) is 0 Å². The number of carbonyl (C=O) groups is 1. The Balaban J connectivity index is 2.71. The van der Waals surface area contributed by atoms with E-state index < -0.39 is 0 Å². The summed E-state index contributed by atoms with van der Waals surface area (Å²) in [5, 5.41) is 2.97. The SMILES string of the molecule is CCCCCNC(=O)C(C)N(C)c1ccccc1C(N)=S. The summed E-state index contributed by atoms with van der Waals surface area (Å²) in [7, 11) is 1.88. The molecule has 1 aromatic rings. The number of nitrogens with two attached hydrogens (primary N) is 1. The number of likely N-dealkylation sites (N-methyl/N-ethyl adjacent to an activating group) is 1. The van der Waals surface area contributed by atoms with E-state index >= 15 is 0 Å². The Labute approximate surface area is 132 Å². The first-order chi connectivity index (χ1) is 9.99. The number of thiocarbonyl (C=S) groups is 1. The molecule has 0 heterocycles. The zero-order valence-electron chi connectivity index (χ0n) is 13.1. The summed E-state index contributed by atoms with van der Waals surface area (Å²) in [6.45, 7) is 4.75. The van der Waals surface area contributed by atoms with Gasteiger partial charge in [-0.3, -0.25) is 4.79 Å². The van der Waals surface area contributed by atoms with E-state index in [1.54, 1.807) is 0 Å². The highest BCUT2D eigenvalue weighted by atomic mass is 32.1. The van der Waals surface area contributed by atoms with E-state index in [0.717, 1.165) is 37.1 Å². The highest BCUT2D eigenvalue weighted by molar-refractivity contribution is 7.80. The van der Waals surface area contributed by atoms with Crippen molar-refractivity contribution in [2.75, 3.05) is 18.5 Å². The molecule has 0 aliphatic rings. The van der Waals surface area contributed by atoms with Crippen LogP contribution in [0.25, 0.3) is 0 Å². The van der Waals surface area contributed by atoms with Crippen molar-refractivity contribution in [3.8, 4) is 0 Å². The van der Waals surface area contributed by atoms with Gasteiger partial charge in [0, 0.05) is 24.8 Å². The predicted octanol–water partition coefficient (Wildman–Crippen LogP) is 2.45. The van der Waals surface area contributed by atoms with Gasteiger partial charge in [0.1, 0.15) is 11.0 Å². The first-order valence-electron chi connectivity index (χ1n) is 7.38. The Bertz CT molecular complexity index is 490. The van der Waals surface area contributed by atoms with Gasteiger partial charge in [-0.05, 0) is 25.5 Å². The molecule has 1 unspecified atom stereocenters. The van der Waals surface area contributed by atoms with E-state index in [0.29, 0.717) is 4.99 Å². The fourth-order valence-electron chi connectivity index (χ4n) is 2.11. The second-order valence-electron chi connectivity index (χ2n) is 5.17. The number of benzene rings is 1. The summed E-state index contributed by atoms with van der Waals surface area (Å²) in [5.74, 6) is 0.0198. The Morgan fingerprint density at radius 2 is 2.05 bits per heavy atom. The van der Waals surface area contributed by atoms with Crippen molar-refractivity contribution in [3.05, 3.63) is 29.8 Å². The molecule has 0 aromatic heterocycles. The van der Waals surface area contributed by atoms with Gasteiger partial charge in [0.05, 0.1) is 0 Å². The first-order valence-corrected chi connectivity index (χ1v) is 7.79. The van der Waals surface area contributed by atoms with Crippen LogP contribution in [0.15, 0.2) is 24.3 Å². The number of para-hydroxylation sites is 1. The number of hydrogen-bond acceptors (Lipinski definition) is 3. The fourth-order valence-corrected chi connectivity index (χ4v) is 2.28. The van der Waals surface area contributed by atoms with Crippen LogP contribution in [-0.2, 0) is 4.79 Å². The van der Waals surface area contributed by atoms with Crippen molar-refractivity contribution in [2.24, 2.45) is 5.73 Å². The second kappa shape index (κ2) is 8.62. The summed E-state index contributed by atoms with van der Waals surface area (Å²) in [6, 6.07) is 7.33. The van der Waals surface area contributed by atoms with Gasteiger partial charge in [0.2, 0.25) is 5.91 Å². The standard InChI is InChI=1S/C16H25N3OS/c1-4-5-8-11-18-16(20)12(2)19(3)14-10-7-6-9-13(14)15(17)21/h6-7,9-10,12H,4-5,8,11H2,1-3H3,(H2,17,21)(H,18,20). The third-order valence-electron chi connectivity index (χ3n) is 3.59. The van der Waals surface area contributed by atoms with Gasteiger partial charge >= 0.3 is 0 Å². The van der Waals surface area contributed by atoms with Crippen LogP contribution < -0.4 is 16.0 Å². The quantitative estimate of drug-likeness (QED) is 0.572. The molecule has 0 aliphatic heterocycles. The lowest BCUT2D eigenvalue weighted by molar-refractivity contribution is -0.122. The van der Waals surface area contributed by atoms with Crippen molar-refractivity contribution >= 4 is 28.8 Å². The minimum absolute atomic E-state index is 0.0198. The number of nitrogens with one attached hydrogen (secondary N) is 1. The first kappa shape index (κ1) is 17.4. The van der Waals surface area contributed by atoms with Gasteiger partial charge in [0.25, 0.3) is 0 Å².